The summed E-state index contributed by atoms with van der Waals surface area (Å²) in [6.07, 6.45) is 1.63. The topological polar surface area (TPSA) is 63.7 Å². The third-order valence-electron chi connectivity index (χ3n) is 3.19. The van der Waals surface area contributed by atoms with Crippen molar-refractivity contribution in [3.63, 3.8) is 0 Å². The Labute approximate surface area is 139 Å². The zero-order valence-corrected chi connectivity index (χ0v) is 13.7. The molecule has 6 nitrogen and oxygen atoms in total. The van der Waals surface area contributed by atoms with Gasteiger partial charge in [0.1, 0.15) is 6.20 Å². The summed E-state index contributed by atoms with van der Waals surface area (Å²) >= 11 is 13.5. The van der Waals surface area contributed by atoms with E-state index in [1.807, 2.05) is 6.07 Å². The van der Waals surface area contributed by atoms with Crippen LogP contribution in [0.2, 0.25) is 10.0 Å². The molecule has 0 atom stereocenters. The van der Waals surface area contributed by atoms with Crippen molar-refractivity contribution >= 4 is 51.1 Å². The minimum absolute atomic E-state index is 0.0584. The van der Waals surface area contributed by atoms with E-state index in [9.17, 15) is 10.1 Å². The van der Waals surface area contributed by atoms with Crippen molar-refractivity contribution in [1.82, 2.24) is 9.38 Å². The van der Waals surface area contributed by atoms with E-state index in [-0.39, 0.29) is 5.82 Å². The van der Waals surface area contributed by atoms with Gasteiger partial charge in [-0.05, 0) is 16.6 Å². The predicted molar refractivity (Wildman–Crippen MR) is 88.3 cm³/mol. The zero-order valence-electron chi connectivity index (χ0n) is 11.4. The molecular formula is C13H10Cl2N4O2S. The molecule has 0 spiro atoms. The minimum atomic E-state index is -0.432. The molecule has 0 fully saturated rings. The third kappa shape index (κ3) is 2.51. The van der Waals surface area contributed by atoms with Gasteiger partial charge in [-0.1, -0.05) is 46.7 Å². The Bertz CT molecular complexity index is 861. The third-order valence-corrected chi connectivity index (χ3v) is 4.81. The molecule has 0 saturated heterocycles. The SMILES string of the molecule is CN(Cc1cccc(Cl)c1Cl)c1nc2sccn2c1[N+](=O)[O-]. The van der Waals surface area contributed by atoms with Crippen molar-refractivity contribution < 1.29 is 4.92 Å². The fourth-order valence-corrected chi connectivity index (χ4v) is 3.27. The maximum atomic E-state index is 11.3. The van der Waals surface area contributed by atoms with Gasteiger partial charge in [0.25, 0.3) is 4.96 Å². The lowest BCUT2D eigenvalue weighted by Gasteiger charge is -2.17. The number of imidazole rings is 1. The van der Waals surface area contributed by atoms with Crippen LogP contribution in [0.4, 0.5) is 11.6 Å². The number of anilines is 1. The highest BCUT2D eigenvalue weighted by Gasteiger charge is 2.26. The van der Waals surface area contributed by atoms with Gasteiger partial charge in [0.05, 0.1) is 10.0 Å². The van der Waals surface area contributed by atoms with E-state index < -0.39 is 4.92 Å². The summed E-state index contributed by atoms with van der Waals surface area (Å²) in [5.74, 6) is 0.241. The van der Waals surface area contributed by atoms with Crippen LogP contribution >= 0.6 is 34.5 Å². The maximum Gasteiger partial charge on any atom is 0.373 e. The average molecular weight is 357 g/mol. The Morgan fingerprint density at radius 2 is 2.23 bits per heavy atom. The highest BCUT2D eigenvalue weighted by Crippen LogP contribution is 2.33. The molecule has 2 aromatic heterocycles. The van der Waals surface area contributed by atoms with Crippen molar-refractivity contribution in [2.24, 2.45) is 0 Å². The van der Waals surface area contributed by atoms with Crippen LogP contribution in [0.5, 0.6) is 0 Å². The van der Waals surface area contributed by atoms with Crippen molar-refractivity contribution in [3.05, 3.63) is 55.5 Å². The lowest BCUT2D eigenvalue weighted by Crippen LogP contribution is -2.18. The lowest BCUT2D eigenvalue weighted by atomic mass is 10.2. The highest BCUT2D eigenvalue weighted by atomic mass is 35.5. The quantitative estimate of drug-likeness (QED) is 0.517. The van der Waals surface area contributed by atoms with E-state index in [0.717, 1.165) is 5.56 Å². The van der Waals surface area contributed by atoms with Crippen LogP contribution in [-0.4, -0.2) is 21.4 Å². The Balaban J connectivity index is 2.00. The van der Waals surface area contributed by atoms with Crippen LogP contribution in [0.15, 0.2) is 29.8 Å². The lowest BCUT2D eigenvalue weighted by molar-refractivity contribution is -0.389. The van der Waals surface area contributed by atoms with Gasteiger partial charge < -0.3 is 15.0 Å². The van der Waals surface area contributed by atoms with E-state index in [1.54, 1.807) is 35.7 Å². The summed E-state index contributed by atoms with van der Waals surface area (Å²) < 4.78 is 1.47. The van der Waals surface area contributed by atoms with Crippen molar-refractivity contribution in [3.8, 4) is 0 Å². The van der Waals surface area contributed by atoms with Gasteiger partial charge in [-0.3, -0.25) is 0 Å². The second-order valence-electron chi connectivity index (χ2n) is 4.64. The van der Waals surface area contributed by atoms with Crippen LogP contribution in [0.1, 0.15) is 5.56 Å². The largest absolute Gasteiger partial charge is 0.373 e. The summed E-state index contributed by atoms with van der Waals surface area (Å²) in [5.41, 5.74) is 0.780. The molecule has 2 heterocycles. The summed E-state index contributed by atoms with van der Waals surface area (Å²) in [5, 5.41) is 14.0. The van der Waals surface area contributed by atoms with Crippen LogP contribution in [-0.2, 0) is 6.54 Å². The van der Waals surface area contributed by atoms with Crippen molar-refractivity contribution in [2.45, 2.75) is 6.54 Å². The highest BCUT2D eigenvalue weighted by molar-refractivity contribution is 7.15. The second kappa shape index (κ2) is 5.75. The van der Waals surface area contributed by atoms with Crippen LogP contribution in [0.3, 0.4) is 0 Å². The van der Waals surface area contributed by atoms with Crippen LogP contribution in [0, 0.1) is 10.1 Å². The van der Waals surface area contributed by atoms with Crippen LogP contribution in [0.25, 0.3) is 4.96 Å². The molecule has 9 heteroatoms. The number of fused-ring (bicyclic) bond motifs is 1. The number of aromatic nitrogens is 2. The first-order valence-corrected chi connectivity index (χ1v) is 7.86. The fourth-order valence-electron chi connectivity index (χ4n) is 2.19. The van der Waals surface area contributed by atoms with Gasteiger partial charge in [0, 0.05) is 19.0 Å². The van der Waals surface area contributed by atoms with Gasteiger partial charge in [0.15, 0.2) is 0 Å². The number of hydrogen-bond acceptors (Lipinski definition) is 5. The number of nitrogens with zero attached hydrogens (tertiary/aromatic N) is 4. The van der Waals surface area contributed by atoms with Gasteiger partial charge in [-0.25, -0.2) is 0 Å². The van der Waals surface area contributed by atoms with Crippen LogP contribution < -0.4 is 4.90 Å². The molecule has 0 bridgehead atoms. The minimum Gasteiger partial charge on any atom is -0.358 e. The maximum absolute atomic E-state index is 11.3. The van der Waals surface area contributed by atoms with E-state index in [0.29, 0.717) is 27.4 Å². The van der Waals surface area contributed by atoms with E-state index in [2.05, 4.69) is 4.98 Å². The number of rotatable bonds is 4. The Morgan fingerprint density at radius 3 is 2.95 bits per heavy atom. The second-order valence-corrected chi connectivity index (χ2v) is 6.30. The first-order chi connectivity index (χ1) is 10.5. The molecule has 0 aliphatic rings. The smallest absolute Gasteiger partial charge is 0.358 e. The number of benzene rings is 1. The van der Waals surface area contributed by atoms with Gasteiger partial charge in [0.2, 0.25) is 5.82 Å². The molecule has 0 amide bonds. The van der Waals surface area contributed by atoms with Gasteiger partial charge in [-0.15, -0.1) is 0 Å². The fraction of sp³-hybridized carbons (Fsp3) is 0.154. The summed E-state index contributed by atoms with van der Waals surface area (Å²) in [4.78, 5) is 17.5. The van der Waals surface area contributed by atoms with Gasteiger partial charge >= 0.3 is 5.82 Å². The summed E-state index contributed by atoms with van der Waals surface area (Å²) in [6.45, 7) is 0.366. The molecule has 0 radical (unpaired) electrons. The number of hydrogen-bond donors (Lipinski definition) is 0. The first kappa shape index (κ1) is 15.1. The number of halogens is 2. The molecule has 0 N–H and O–H groups in total. The Kier molecular flexibility index (Phi) is 3.94. The Morgan fingerprint density at radius 1 is 1.45 bits per heavy atom. The predicted octanol–water partition coefficient (Wildman–Crippen LogP) is 4.25. The van der Waals surface area contributed by atoms with E-state index in [1.165, 1.54) is 15.7 Å². The van der Waals surface area contributed by atoms with Gasteiger partial charge in [-0.2, -0.15) is 9.38 Å². The summed E-state index contributed by atoms with van der Waals surface area (Å²) in [6, 6.07) is 5.31. The molecule has 0 aliphatic heterocycles. The first-order valence-electron chi connectivity index (χ1n) is 6.23. The molecule has 3 aromatic rings. The monoisotopic (exact) mass is 356 g/mol. The molecular weight excluding hydrogens is 347 g/mol. The average Bonchev–Trinajstić information content (AvgIpc) is 3.03. The van der Waals surface area contributed by atoms with Crippen molar-refractivity contribution in [1.29, 1.82) is 0 Å². The van der Waals surface area contributed by atoms with Crippen molar-refractivity contribution in [2.75, 3.05) is 11.9 Å². The molecule has 114 valence electrons. The summed E-state index contributed by atoms with van der Waals surface area (Å²) in [7, 11) is 1.73. The van der Waals surface area contributed by atoms with E-state index >= 15 is 0 Å². The molecule has 1 aromatic carbocycles. The zero-order chi connectivity index (χ0) is 15.9. The molecule has 22 heavy (non-hydrogen) atoms. The molecule has 0 unspecified atom stereocenters. The molecule has 3 rings (SSSR count). The standard InChI is InChI=1S/C13H10Cl2N4O2S/c1-17(7-8-3-2-4-9(14)10(8)15)11-12(19(20)21)18-5-6-22-13(18)16-11/h2-6H,7H2,1H3. The Hall–Kier alpha value is -1.83. The normalized spacial score (nSPS) is 11.0. The number of thiazole rings is 1. The van der Waals surface area contributed by atoms with E-state index in [4.69, 9.17) is 23.2 Å². The molecule has 0 aliphatic carbocycles. The number of nitro groups is 1. The molecule has 0 saturated carbocycles.